The Kier molecular flexibility index (Phi) is 9.45. The van der Waals surface area contributed by atoms with Gasteiger partial charge >= 0.3 is 11.9 Å². The van der Waals surface area contributed by atoms with Crippen LogP contribution < -0.4 is 14.8 Å². The van der Waals surface area contributed by atoms with Gasteiger partial charge in [-0.15, -0.1) is 0 Å². The van der Waals surface area contributed by atoms with Gasteiger partial charge in [0, 0.05) is 11.6 Å². The first-order chi connectivity index (χ1) is 18.3. The summed E-state index contributed by atoms with van der Waals surface area (Å²) in [5, 5.41) is 4.14. The van der Waals surface area contributed by atoms with Crippen molar-refractivity contribution in [2.24, 2.45) is 5.92 Å². The monoisotopic (exact) mass is 549 g/mol. The molecule has 0 bridgehead atoms. The first-order valence-electron chi connectivity index (χ1n) is 12.2. The molecule has 2 heterocycles. The molecule has 2 aliphatic heterocycles. The quantitative estimate of drug-likeness (QED) is 0.396. The standard InChI is InChI=1S/C27H32ClNO9/c1-17(26-29-12-23(36-26)19-5-4-6-20(28)11-19)9-18-7-8-21-22(10-18)38-27(37-21,15-34-13-24(30)32-2)16-35-14-25(31)33-3/h4-8,10-11,17,23,26,29H,9,12-16H2,1-3H3. The molecule has 1 saturated heterocycles. The van der Waals surface area contributed by atoms with Crippen molar-refractivity contribution in [1.82, 2.24) is 5.32 Å². The van der Waals surface area contributed by atoms with Crippen LogP contribution in [-0.2, 0) is 39.7 Å². The largest absolute Gasteiger partial charge is 0.467 e. The van der Waals surface area contributed by atoms with Crippen LogP contribution in [0.5, 0.6) is 11.5 Å². The lowest BCUT2D eigenvalue weighted by atomic mass is 9.99. The van der Waals surface area contributed by atoms with E-state index in [0.717, 1.165) is 17.5 Å². The Morgan fingerprint density at radius 3 is 2.37 bits per heavy atom. The Bertz CT molecular complexity index is 1110. The van der Waals surface area contributed by atoms with Gasteiger partial charge in [0.05, 0.1) is 20.3 Å². The van der Waals surface area contributed by atoms with Crippen LogP contribution in [0.4, 0.5) is 0 Å². The summed E-state index contributed by atoms with van der Waals surface area (Å²) in [6, 6.07) is 13.4. The SMILES string of the molecule is COC(=O)COCC1(COCC(=O)OC)Oc2ccc(CC(C)C3NCC(c4cccc(Cl)c4)O3)cc2O1. The highest BCUT2D eigenvalue weighted by Gasteiger charge is 2.43. The van der Waals surface area contributed by atoms with Gasteiger partial charge in [-0.05, 0) is 47.7 Å². The van der Waals surface area contributed by atoms with Gasteiger partial charge in [0.2, 0.25) is 0 Å². The van der Waals surface area contributed by atoms with E-state index in [0.29, 0.717) is 23.1 Å². The molecule has 0 aliphatic carbocycles. The third-order valence-corrected chi connectivity index (χ3v) is 6.48. The number of esters is 2. The minimum absolute atomic E-state index is 0.0616. The molecule has 3 atom stereocenters. The van der Waals surface area contributed by atoms with Crippen LogP contribution in [0.1, 0.15) is 24.2 Å². The molecule has 3 unspecified atom stereocenters. The maximum Gasteiger partial charge on any atom is 0.331 e. The summed E-state index contributed by atoms with van der Waals surface area (Å²) in [6.45, 7) is 1.99. The van der Waals surface area contributed by atoms with Gasteiger partial charge in [0.1, 0.15) is 32.7 Å². The summed E-state index contributed by atoms with van der Waals surface area (Å²) in [4.78, 5) is 23.0. The van der Waals surface area contributed by atoms with Gasteiger partial charge in [-0.2, -0.15) is 0 Å². The van der Waals surface area contributed by atoms with Crippen molar-refractivity contribution >= 4 is 23.5 Å². The highest BCUT2D eigenvalue weighted by Crippen LogP contribution is 2.41. The molecule has 2 aliphatic rings. The van der Waals surface area contributed by atoms with Crippen molar-refractivity contribution in [1.29, 1.82) is 0 Å². The van der Waals surface area contributed by atoms with Gasteiger partial charge < -0.3 is 33.2 Å². The van der Waals surface area contributed by atoms with Crippen LogP contribution in [0.3, 0.4) is 0 Å². The van der Waals surface area contributed by atoms with E-state index >= 15 is 0 Å². The maximum absolute atomic E-state index is 11.5. The minimum atomic E-state index is -1.38. The summed E-state index contributed by atoms with van der Waals surface area (Å²) < 4.78 is 38.6. The predicted molar refractivity (Wildman–Crippen MR) is 136 cm³/mol. The van der Waals surface area contributed by atoms with Gasteiger partial charge in [0.15, 0.2) is 11.5 Å². The molecular weight excluding hydrogens is 518 g/mol. The van der Waals surface area contributed by atoms with E-state index < -0.39 is 17.7 Å². The smallest absolute Gasteiger partial charge is 0.331 e. The Morgan fingerprint density at radius 1 is 1.03 bits per heavy atom. The molecule has 4 rings (SSSR count). The number of fused-ring (bicyclic) bond motifs is 1. The van der Waals surface area contributed by atoms with Crippen LogP contribution in [0.25, 0.3) is 0 Å². The number of hydrogen-bond acceptors (Lipinski definition) is 10. The van der Waals surface area contributed by atoms with Crippen molar-refractivity contribution < 1.29 is 42.7 Å². The normalized spacial score (nSPS) is 20.2. The fraction of sp³-hybridized carbons (Fsp3) is 0.481. The molecule has 11 heteroatoms. The fourth-order valence-electron chi connectivity index (χ4n) is 4.34. The third kappa shape index (κ3) is 7.15. The van der Waals surface area contributed by atoms with Crippen molar-refractivity contribution in [3.63, 3.8) is 0 Å². The fourth-order valence-corrected chi connectivity index (χ4v) is 4.53. The summed E-state index contributed by atoms with van der Waals surface area (Å²) in [7, 11) is 2.54. The average molecular weight is 550 g/mol. The van der Waals surface area contributed by atoms with E-state index in [2.05, 4.69) is 21.7 Å². The van der Waals surface area contributed by atoms with Gasteiger partial charge in [-0.3, -0.25) is 5.32 Å². The number of halogens is 1. The highest BCUT2D eigenvalue weighted by molar-refractivity contribution is 6.30. The molecule has 0 radical (unpaired) electrons. The van der Waals surface area contributed by atoms with Gasteiger partial charge in [-0.25, -0.2) is 9.59 Å². The lowest BCUT2D eigenvalue weighted by Crippen LogP contribution is -2.48. The van der Waals surface area contributed by atoms with Crippen LogP contribution in [0, 0.1) is 5.92 Å². The molecule has 0 spiro atoms. The second-order valence-electron chi connectivity index (χ2n) is 9.22. The maximum atomic E-state index is 11.5. The van der Waals surface area contributed by atoms with Crippen LogP contribution in [-0.4, -0.2) is 71.1 Å². The van der Waals surface area contributed by atoms with Crippen molar-refractivity contribution in [2.75, 3.05) is 47.2 Å². The Hall–Kier alpha value is -2.89. The van der Waals surface area contributed by atoms with Crippen molar-refractivity contribution in [3.05, 3.63) is 58.6 Å². The number of rotatable bonds is 12. The number of benzene rings is 2. The van der Waals surface area contributed by atoms with E-state index in [-0.39, 0.29) is 44.7 Å². The average Bonchev–Trinajstić information content (AvgIpc) is 3.54. The first kappa shape index (κ1) is 28.1. The van der Waals surface area contributed by atoms with E-state index in [1.54, 1.807) is 0 Å². The topological polar surface area (TPSA) is 111 Å². The Balaban J connectivity index is 1.38. The molecule has 206 valence electrons. The molecule has 2 aromatic rings. The van der Waals surface area contributed by atoms with Gasteiger partial charge in [-0.1, -0.05) is 36.7 Å². The summed E-state index contributed by atoms with van der Waals surface area (Å²) in [5.74, 6) is -1.28. The molecule has 2 aromatic carbocycles. The number of nitrogens with one attached hydrogen (secondary N) is 1. The number of hydrogen-bond donors (Lipinski definition) is 1. The zero-order valence-electron chi connectivity index (χ0n) is 21.6. The predicted octanol–water partition coefficient (Wildman–Crippen LogP) is 3.05. The number of methoxy groups -OCH3 is 2. The van der Waals surface area contributed by atoms with E-state index in [4.69, 9.17) is 35.3 Å². The van der Waals surface area contributed by atoms with Crippen LogP contribution >= 0.6 is 11.6 Å². The molecule has 38 heavy (non-hydrogen) atoms. The molecule has 0 amide bonds. The lowest BCUT2D eigenvalue weighted by Gasteiger charge is -2.26. The molecule has 1 N–H and O–H groups in total. The summed E-state index contributed by atoms with van der Waals surface area (Å²) in [6.07, 6.45) is 0.539. The molecule has 0 saturated carbocycles. The Morgan fingerprint density at radius 2 is 1.71 bits per heavy atom. The molecule has 1 fully saturated rings. The van der Waals surface area contributed by atoms with Crippen LogP contribution in [0.15, 0.2) is 42.5 Å². The van der Waals surface area contributed by atoms with E-state index in [1.807, 2.05) is 42.5 Å². The Labute approximate surface area is 226 Å². The van der Waals surface area contributed by atoms with E-state index in [1.165, 1.54) is 14.2 Å². The summed E-state index contributed by atoms with van der Waals surface area (Å²) >= 11 is 6.14. The minimum Gasteiger partial charge on any atom is -0.467 e. The van der Waals surface area contributed by atoms with Gasteiger partial charge in [0.25, 0.3) is 5.79 Å². The van der Waals surface area contributed by atoms with E-state index in [9.17, 15) is 9.59 Å². The van der Waals surface area contributed by atoms with Crippen LogP contribution in [0.2, 0.25) is 5.02 Å². The zero-order valence-corrected chi connectivity index (χ0v) is 22.3. The molecule has 0 aromatic heterocycles. The zero-order chi connectivity index (χ0) is 27.1. The first-order valence-corrected chi connectivity index (χ1v) is 12.6. The molecular formula is C27H32ClNO9. The summed E-state index contributed by atoms with van der Waals surface area (Å²) in [5.41, 5.74) is 2.07. The number of carbonyl (C=O) groups is 2. The number of carbonyl (C=O) groups excluding carboxylic acids is 2. The number of ether oxygens (including phenoxy) is 7. The second kappa shape index (κ2) is 12.8. The second-order valence-corrected chi connectivity index (χ2v) is 9.66. The molecule has 10 nitrogen and oxygen atoms in total. The van der Waals surface area contributed by atoms with Crippen molar-refractivity contribution in [3.8, 4) is 11.5 Å². The van der Waals surface area contributed by atoms with Crippen molar-refractivity contribution in [2.45, 2.75) is 31.5 Å². The lowest BCUT2D eigenvalue weighted by molar-refractivity contribution is -0.181. The third-order valence-electron chi connectivity index (χ3n) is 6.25. The highest BCUT2D eigenvalue weighted by atomic mass is 35.5.